The molecule has 0 unspecified atom stereocenters. The van der Waals surface area contributed by atoms with E-state index in [1.165, 1.54) is 82.4 Å². The van der Waals surface area contributed by atoms with Crippen LogP contribution in [0.25, 0.3) is 55.6 Å². The van der Waals surface area contributed by atoms with Crippen molar-refractivity contribution in [2.75, 3.05) is 0 Å². The van der Waals surface area contributed by atoms with Crippen LogP contribution in [-0.4, -0.2) is 0 Å². The van der Waals surface area contributed by atoms with Crippen molar-refractivity contribution in [3.05, 3.63) is 153 Å². The second-order valence-corrected chi connectivity index (χ2v) is 12.6. The minimum atomic E-state index is 1.10. The number of halogens is 2. The first-order valence-electron chi connectivity index (χ1n) is 14.2. The molecule has 6 aromatic carbocycles. The topological polar surface area (TPSA) is 0 Å². The van der Waals surface area contributed by atoms with Gasteiger partial charge in [-0.2, -0.15) is 0 Å². The fraction of sp³-hybridized carbons (Fsp3) is 0.100. The lowest BCUT2D eigenvalue weighted by molar-refractivity contribution is 1.20. The quantitative estimate of drug-likeness (QED) is 0.171. The molecule has 2 heteroatoms. The Hall–Kier alpha value is -3.72. The number of rotatable bonds is 5. The van der Waals surface area contributed by atoms with E-state index in [1.54, 1.807) is 0 Å². The van der Waals surface area contributed by atoms with E-state index in [0.29, 0.717) is 0 Å². The summed E-state index contributed by atoms with van der Waals surface area (Å²) >= 11 is 7.78. The van der Waals surface area contributed by atoms with Crippen molar-refractivity contribution in [2.45, 2.75) is 27.7 Å². The Labute approximate surface area is 266 Å². The molecule has 0 saturated carbocycles. The predicted molar refractivity (Wildman–Crippen MR) is 188 cm³/mol. The average Bonchev–Trinajstić information content (AvgIpc) is 3.04. The molecule has 0 saturated heterocycles. The van der Waals surface area contributed by atoms with Gasteiger partial charge in [-0.05, 0) is 122 Å². The molecule has 0 nitrogen and oxygen atoms in total. The molecule has 42 heavy (non-hydrogen) atoms. The zero-order valence-electron chi connectivity index (χ0n) is 24.3. The van der Waals surface area contributed by atoms with Gasteiger partial charge in [0.15, 0.2) is 0 Å². The van der Waals surface area contributed by atoms with Crippen molar-refractivity contribution in [1.29, 1.82) is 0 Å². The minimum Gasteiger partial charge on any atom is -0.0622 e. The SMILES string of the molecule is Cc1c(C)c(C)c(-c2ccc(-c3ccc(-c4ccc(-c5ccc(-c6ccccc6)cc5)cc4)cc3)cc2Br)c(Br)c1C. The molecule has 0 amide bonds. The van der Waals surface area contributed by atoms with Crippen molar-refractivity contribution in [3.63, 3.8) is 0 Å². The van der Waals surface area contributed by atoms with Crippen LogP contribution in [-0.2, 0) is 0 Å². The van der Waals surface area contributed by atoms with Gasteiger partial charge in [-0.15, -0.1) is 0 Å². The summed E-state index contributed by atoms with van der Waals surface area (Å²) in [5.41, 5.74) is 17.5. The fourth-order valence-corrected chi connectivity index (χ4v) is 7.07. The molecular formula is C40H32Br2. The van der Waals surface area contributed by atoms with Gasteiger partial charge in [0.2, 0.25) is 0 Å². The second kappa shape index (κ2) is 11.9. The zero-order valence-corrected chi connectivity index (χ0v) is 27.5. The highest BCUT2D eigenvalue weighted by Crippen LogP contribution is 2.42. The standard InChI is InChI=1S/C40H32Br2/c1-25-26(2)28(4)40(42)39(27(25)3)37-23-22-36(24-38(37)41)35-20-18-34(19-21-35)33-16-14-32(15-17-33)31-12-10-30(11-13-31)29-8-6-5-7-9-29/h5-24H,1-4H3. The fourth-order valence-electron chi connectivity index (χ4n) is 5.68. The van der Waals surface area contributed by atoms with Crippen molar-refractivity contribution in [2.24, 2.45) is 0 Å². The van der Waals surface area contributed by atoms with Gasteiger partial charge in [-0.1, -0.05) is 131 Å². The Morgan fingerprint density at radius 2 is 0.714 bits per heavy atom. The summed E-state index contributed by atoms with van der Waals surface area (Å²) in [5.74, 6) is 0. The van der Waals surface area contributed by atoms with E-state index in [2.05, 4.69) is 181 Å². The van der Waals surface area contributed by atoms with Crippen LogP contribution in [0.5, 0.6) is 0 Å². The van der Waals surface area contributed by atoms with Crippen molar-refractivity contribution >= 4 is 31.9 Å². The van der Waals surface area contributed by atoms with E-state index in [4.69, 9.17) is 0 Å². The monoisotopic (exact) mass is 670 g/mol. The largest absolute Gasteiger partial charge is 0.0622 e. The lowest BCUT2D eigenvalue weighted by Crippen LogP contribution is -1.98. The van der Waals surface area contributed by atoms with Crippen LogP contribution in [0.4, 0.5) is 0 Å². The smallest absolute Gasteiger partial charge is 0.0288 e. The van der Waals surface area contributed by atoms with Crippen molar-refractivity contribution in [1.82, 2.24) is 0 Å². The third kappa shape index (κ3) is 5.42. The maximum absolute atomic E-state index is 3.89. The molecule has 0 aliphatic carbocycles. The number of hydrogen-bond acceptors (Lipinski definition) is 0. The zero-order chi connectivity index (χ0) is 29.4. The molecule has 0 heterocycles. The molecule has 6 rings (SSSR count). The van der Waals surface area contributed by atoms with E-state index < -0.39 is 0 Å². The van der Waals surface area contributed by atoms with Gasteiger partial charge >= 0.3 is 0 Å². The summed E-state index contributed by atoms with van der Waals surface area (Å²) in [5, 5.41) is 0. The van der Waals surface area contributed by atoms with Gasteiger partial charge in [0.25, 0.3) is 0 Å². The Morgan fingerprint density at radius 1 is 0.357 bits per heavy atom. The molecule has 0 atom stereocenters. The second-order valence-electron chi connectivity index (χ2n) is 11.0. The molecule has 6 aromatic rings. The van der Waals surface area contributed by atoms with Gasteiger partial charge in [0.05, 0.1) is 0 Å². The van der Waals surface area contributed by atoms with E-state index in [0.717, 1.165) is 4.47 Å². The highest BCUT2D eigenvalue weighted by molar-refractivity contribution is 9.11. The lowest BCUT2D eigenvalue weighted by atomic mass is 9.90. The third-order valence-electron chi connectivity index (χ3n) is 8.61. The third-order valence-corrected chi connectivity index (χ3v) is 10.3. The summed E-state index contributed by atoms with van der Waals surface area (Å²) in [6, 6.07) is 43.7. The molecule has 0 aliphatic heterocycles. The summed E-state index contributed by atoms with van der Waals surface area (Å²) in [6.07, 6.45) is 0. The van der Waals surface area contributed by atoms with Gasteiger partial charge in [0, 0.05) is 14.5 Å². The molecule has 0 aromatic heterocycles. The first kappa shape index (κ1) is 28.4. The van der Waals surface area contributed by atoms with E-state index in [9.17, 15) is 0 Å². The Kier molecular flexibility index (Phi) is 8.03. The Morgan fingerprint density at radius 3 is 1.14 bits per heavy atom. The molecular weight excluding hydrogens is 640 g/mol. The highest BCUT2D eigenvalue weighted by Gasteiger charge is 2.17. The maximum Gasteiger partial charge on any atom is 0.0288 e. The molecule has 0 fully saturated rings. The van der Waals surface area contributed by atoms with Gasteiger partial charge in [0.1, 0.15) is 0 Å². The van der Waals surface area contributed by atoms with E-state index in [-0.39, 0.29) is 0 Å². The van der Waals surface area contributed by atoms with Gasteiger partial charge in [-0.3, -0.25) is 0 Å². The van der Waals surface area contributed by atoms with Crippen LogP contribution in [0.15, 0.2) is 130 Å². The van der Waals surface area contributed by atoms with Crippen LogP contribution in [0.2, 0.25) is 0 Å². The average molecular weight is 673 g/mol. The first-order valence-corrected chi connectivity index (χ1v) is 15.8. The lowest BCUT2D eigenvalue weighted by Gasteiger charge is -2.19. The molecule has 0 bridgehead atoms. The van der Waals surface area contributed by atoms with Crippen molar-refractivity contribution < 1.29 is 0 Å². The van der Waals surface area contributed by atoms with Crippen LogP contribution in [0.3, 0.4) is 0 Å². The summed E-state index contributed by atoms with van der Waals surface area (Å²) < 4.78 is 2.28. The van der Waals surface area contributed by atoms with Crippen LogP contribution >= 0.6 is 31.9 Å². The molecule has 0 N–H and O–H groups in total. The molecule has 206 valence electrons. The van der Waals surface area contributed by atoms with Gasteiger partial charge < -0.3 is 0 Å². The first-order chi connectivity index (χ1) is 20.3. The molecule has 0 aliphatic rings. The highest BCUT2D eigenvalue weighted by atomic mass is 79.9. The van der Waals surface area contributed by atoms with Crippen LogP contribution in [0.1, 0.15) is 22.3 Å². The maximum atomic E-state index is 3.89. The Balaban J connectivity index is 1.21. The van der Waals surface area contributed by atoms with E-state index >= 15 is 0 Å². The summed E-state index contributed by atoms with van der Waals surface area (Å²) in [7, 11) is 0. The minimum absolute atomic E-state index is 1.10. The predicted octanol–water partition coefficient (Wildman–Crippen LogP) is 12.8. The van der Waals surface area contributed by atoms with Gasteiger partial charge in [-0.25, -0.2) is 0 Å². The van der Waals surface area contributed by atoms with Crippen LogP contribution in [0, 0.1) is 27.7 Å². The summed E-state index contributed by atoms with van der Waals surface area (Å²) in [6.45, 7) is 8.83. The van der Waals surface area contributed by atoms with Crippen LogP contribution < -0.4 is 0 Å². The normalized spacial score (nSPS) is 11.1. The molecule has 0 spiro atoms. The van der Waals surface area contributed by atoms with E-state index in [1.807, 2.05) is 0 Å². The molecule has 0 radical (unpaired) electrons. The van der Waals surface area contributed by atoms with Crippen molar-refractivity contribution in [3.8, 4) is 55.6 Å². The Bertz CT molecular complexity index is 1850. The number of hydrogen-bond donors (Lipinski definition) is 0. The number of benzene rings is 6. The summed E-state index contributed by atoms with van der Waals surface area (Å²) in [4.78, 5) is 0.